The highest BCUT2D eigenvalue weighted by Gasteiger charge is 2.32. The molecule has 0 heterocycles. The van der Waals surface area contributed by atoms with E-state index in [1.54, 1.807) is 0 Å². The lowest BCUT2D eigenvalue weighted by atomic mass is 9.72. The van der Waals surface area contributed by atoms with E-state index in [1.165, 1.54) is 38.9 Å². The molecule has 0 amide bonds. The van der Waals surface area contributed by atoms with E-state index in [9.17, 15) is 0 Å². The highest BCUT2D eigenvalue weighted by atomic mass is 15.1. The molecule has 0 aliphatic heterocycles. The van der Waals surface area contributed by atoms with Crippen LogP contribution in [0.25, 0.3) is 0 Å². The molecule has 1 saturated carbocycles. The summed E-state index contributed by atoms with van der Waals surface area (Å²) in [5, 5.41) is 0. The maximum Gasteiger partial charge on any atom is 0.00844 e. The molecule has 2 N–H and O–H groups in total. The van der Waals surface area contributed by atoms with Gasteiger partial charge in [-0.25, -0.2) is 0 Å². The third-order valence-electron chi connectivity index (χ3n) is 4.73. The Kier molecular flexibility index (Phi) is 7.33. The Labute approximate surface area is 120 Å². The predicted octanol–water partition coefficient (Wildman–Crippen LogP) is 2.27. The molecule has 114 valence electrons. The van der Waals surface area contributed by atoms with Gasteiger partial charge in [-0.3, -0.25) is 0 Å². The Morgan fingerprint density at radius 2 is 1.79 bits per heavy atom. The van der Waals surface area contributed by atoms with Gasteiger partial charge in [0.2, 0.25) is 0 Å². The van der Waals surface area contributed by atoms with Crippen molar-refractivity contribution < 1.29 is 0 Å². The molecule has 1 aliphatic carbocycles. The van der Waals surface area contributed by atoms with E-state index in [2.05, 4.69) is 44.7 Å². The van der Waals surface area contributed by atoms with Crippen molar-refractivity contribution >= 4 is 0 Å². The fourth-order valence-electron chi connectivity index (χ4n) is 3.57. The number of hydrogen-bond donors (Lipinski definition) is 1. The van der Waals surface area contributed by atoms with E-state index in [1.807, 2.05) is 0 Å². The summed E-state index contributed by atoms with van der Waals surface area (Å²) >= 11 is 0. The molecule has 0 bridgehead atoms. The third-order valence-corrected chi connectivity index (χ3v) is 4.73. The molecule has 0 spiro atoms. The minimum absolute atomic E-state index is 0.404. The lowest BCUT2D eigenvalue weighted by molar-refractivity contribution is 0.118. The van der Waals surface area contributed by atoms with Gasteiger partial charge in [-0.05, 0) is 70.7 Å². The average Bonchev–Trinajstić information content (AvgIpc) is 2.30. The molecule has 0 aromatic heterocycles. The molecule has 4 atom stereocenters. The summed E-state index contributed by atoms with van der Waals surface area (Å²) in [5.41, 5.74) is 6.40. The molecular weight excluding hydrogens is 234 g/mol. The van der Waals surface area contributed by atoms with Crippen LogP contribution >= 0.6 is 0 Å². The fraction of sp³-hybridized carbons (Fsp3) is 1.00. The summed E-state index contributed by atoms with van der Waals surface area (Å²) in [5.74, 6) is 2.28. The second kappa shape index (κ2) is 8.23. The largest absolute Gasteiger partial charge is 0.327 e. The van der Waals surface area contributed by atoms with Crippen molar-refractivity contribution in [3.05, 3.63) is 0 Å². The Hall–Kier alpha value is -0.120. The van der Waals surface area contributed by atoms with Crippen molar-refractivity contribution in [2.75, 3.05) is 40.3 Å². The van der Waals surface area contributed by atoms with Crippen molar-refractivity contribution in [3.8, 4) is 0 Å². The molecule has 1 aliphatic rings. The van der Waals surface area contributed by atoms with E-state index >= 15 is 0 Å². The fourth-order valence-corrected chi connectivity index (χ4v) is 3.57. The summed E-state index contributed by atoms with van der Waals surface area (Å²) in [6, 6.07) is 0.404. The van der Waals surface area contributed by atoms with Crippen molar-refractivity contribution in [2.45, 2.75) is 46.1 Å². The van der Waals surface area contributed by atoms with Gasteiger partial charge in [0.1, 0.15) is 0 Å². The molecule has 0 saturated heterocycles. The summed E-state index contributed by atoms with van der Waals surface area (Å²) in [6.07, 6.45) is 3.82. The number of nitrogens with two attached hydrogens (primary N) is 1. The minimum Gasteiger partial charge on any atom is -0.327 e. The zero-order chi connectivity index (χ0) is 14.4. The van der Waals surface area contributed by atoms with Crippen LogP contribution in [0.5, 0.6) is 0 Å². The lowest BCUT2D eigenvalue weighted by Gasteiger charge is -2.40. The third kappa shape index (κ3) is 5.80. The Balaban J connectivity index is 2.41. The van der Waals surface area contributed by atoms with Gasteiger partial charge >= 0.3 is 0 Å². The quantitative estimate of drug-likeness (QED) is 0.769. The van der Waals surface area contributed by atoms with Crippen molar-refractivity contribution in [3.63, 3.8) is 0 Å². The van der Waals surface area contributed by atoms with Gasteiger partial charge in [0, 0.05) is 12.6 Å². The second-order valence-electron chi connectivity index (χ2n) is 6.93. The van der Waals surface area contributed by atoms with E-state index in [0.29, 0.717) is 12.0 Å². The molecule has 0 aromatic rings. The predicted molar refractivity (Wildman–Crippen MR) is 84.3 cm³/mol. The standard InChI is InChI=1S/C16H35N3/c1-6-19(9-7-8-18(4)5)12-15-14(3)10-13(2)11-16(15)17/h13-16H,6-12,17H2,1-5H3. The van der Waals surface area contributed by atoms with Gasteiger partial charge < -0.3 is 15.5 Å². The van der Waals surface area contributed by atoms with Crippen LogP contribution in [0.15, 0.2) is 0 Å². The summed E-state index contributed by atoms with van der Waals surface area (Å²) in [4.78, 5) is 4.87. The van der Waals surface area contributed by atoms with Crippen LogP contribution < -0.4 is 5.73 Å². The van der Waals surface area contributed by atoms with Crippen molar-refractivity contribution in [2.24, 2.45) is 23.5 Å². The first-order valence-corrected chi connectivity index (χ1v) is 8.06. The molecule has 1 rings (SSSR count). The molecule has 1 fully saturated rings. The maximum atomic E-state index is 6.40. The normalized spacial score (nSPS) is 32.2. The number of rotatable bonds is 7. The van der Waals surface area contributed by atoms with E-state index in [0.717, 1.165) is 18.4 Å². The zero-order valence-corrected chi connectivity index (χ0v) is 13.7. The Morgan fingerprint density at radius 3 is 2.32 bits per heavy atom. The molecule has 3 heteroatoms. The van der Waals surface area contributed by atoms with Crippen molar-refractivity contribution in [1.29, 1.82) is 0 Å². The maximum absolute atomic E-state index is 6.40. The zero-order valence-electron chi connectivity index (χ0n) is 13.7. The van der Waals surface area contributed by atoms with Crippen LogP contribution in [0.2, 0.25) is 0 Å². The van der Waals surface area contributed by atoms with E-state index in [-0.39, 0.29) is 0 Å². The van der Waals surface area contributed by atoms with Crippen molar-refractivity contribution in [1.82, 2.24) is 9.80 Å². The first-order valence-electron chi connectivity index (χ1n) is 8.06. The highest BCUT2D eigenvalue weighted by Crippen LogP contribution is 2.33. The lowest BCUT2D eigenvalue weighted by Crippen LogP contribution is -2.47. The SMILES string of the molecule is CCN(CCCN(C)C)CC1C(C)CC(C)CC1N. The van der Waals surface area contributed by atoms with Gasteiger partial charge in [-0.15, -0.1) is 0 Å². The van der Waals surface area contributed by atoms with E-state index in [4.69, 9.17) is 5.73 Å². The van der Waals surface area contributed by atoms with Crippen LogP contribution in [0.3, 0.4) is 0 Å². The van der Waals surface area contributed by atoms with Crippen LogP contribution in [0, 0.1) is 17.8 Å². The topological polar surface area (TPSA) is 32.5 Å². The van der Waals surface area contributed by atoms with Crippen LogP contribution in [-0.4, -0.2) is 56.1 Å². The van der Waals surface area contributed by atoms with Gasteiger partial charge in [0.25, 0.3) is 0 Å². The summed E-state index contributed by atoms with van der Waals surface area (Å²) in [7, 11) is 4.30. The minimum atomic E-state index is 0.404. The van der Waals surface area contributed by atoms with Gasteiger partial charge in [0.15, 0.2) is 0 Å². The summed E-state index contributed by atoms with van der Waals surface area (Å²) in [6.45, 7) is 11.8. The van der Waals surface area contributed by atoms with Gasteiger partial charge in [-0.2, -0.15) is 0 Å². The van der Waals surface area contributed by atoms with Gasteiger partial charge in [-0.1, -0.05) is 20.8 Å². The Morgan fingerprint density at radius 1 is 1.11 bits per heavy atom. The van der Waals surface area contributed by atoms with Crippen LogP contribution in [0.4, 0.5) is 0 Å². The monoisotopic (exact) mass is 269 g/mol. The molecule has 4 unspecified atom stereocenters. The first-order chi connectivity index (χ1) is 8.93. The van der Waals surface area contributed by atoms with Crippen LogP contribution in [-0.2, 0) is 0 Å². The number of nitrogens with zero attached hydrogens (tertiary/aromatic N) is 2. The average molecular weight is 269 g/mol. The first kappa shape index (κ1) is 16.9. The molecule has 19 heavy (non-hydrogen) atoms. The Bertz CT molecular complexity index is 230. The molecule has 3 nitrogen and oxygen atoms in total. The highest BCUT2D eigenvalue weighted by molar-refractivity contribution is 4.87. The smallest absolute Gasteiger partial charge is 0.00844 e. The summed E-state index contributed by atoms with van der Waals surface area (Å²) < 4.78 is 0. The van der Waals surface area contributed by atoms with Crippen LogP contribution in [0.1, 0.15) is 40.0 Å². The molecule has 0 radical (unpaired) electrons. The van der Waals surface area contributed by atoms with Gasteiger partial charge in [0.05, 0.1) is 0 Å². The molecular formula is C16H35N3. The molecule has 0 aromatic carbocycles. The number of hydrogen-bond acceptors (Lipinski definition) is 3. The van der Waals surface area contributed by atoms with E-state index < -0.39 is 0 Å². The second-order valence-corrected chi connectivity index (χ2v) is 6.93.